The van der Waals surface area contributed by atoms with Gasteiger partial charge in [-0.1, -0.05) is 24.3 Å². The van der Waals surface area contributed by atoms with Crippen molar-refractivity contribution in [3.8, 4) is 0 Å². The first-order valence-electron chi connectivity index (χ1n) is 7.55. The number of furan rings is 1. The molecule has 1 aromatic heterocycles. The monoisotopic (exact) mass is 323 g/mol. The van der Waals surface area contributed by atoms with E-state index in [-0.39, 0.29) is 18.7 Å². The molecule has 0 radical (unpaired) electrons. The molecular formula is C19H17NO4. The van der Waals surface area contributed by atoms with Crippen LogP contribution in [-0.4, -0.2) is 23.3 Å². The zero-order valence-corrected chi connectivity index (χ0v) is 13.0. The van der Waals surface area contributed by atoms with Crippen LogP contribution in [0.15, 0.2) is 65.8 Å². The molecule has 5 nitrogen and oxygen atoms in total. The van der Waals surface area contributed by atoms with Gasteiger partial charge in [-0.25, -0.2) is 0 Å². The van der Waals surface area contributed by atoms with Crippen molar-refractivity contribution in [1.29, 1.82) is 0 Å². The fraction of sp³-hybridized carbons (Fsp3) is 0.158. The number of carbonyl (C=O) groups is 2. The minimum Gasteiger partial charge on any atom is -0.465 e. The molecule has 3 rings (SSSR count). The van der Waals surface area contributed by atoms with E-state index in [9.17, 15) is 14.7 Å². The number of aliphatic hydroxyl groups is 1. The maximum absolute atomic E-state index is 12.7. The van der Waals surface area contributed by atoms with Crippen molar-refractivity contribution in [2.75, 3.05) is 11.4 Å². The Kier molecular flexibility index (Phi) is 4.18. The second-order valence-corrected chi connectivity index (χ2v) is 5.57. The number of anilines is 1. The molecule has 24 heavy (non-hydrogen) atoms. The SMILES string of the molecule is C=CCN1C(=O)[C@@](O)(CC(=O)/C=C/c2ccco2)c2ccccc21. The molecular weight excluding hydrogens is 306 g/mol. The fourth-order valence-corrected chi connectivity index (χ4v) is 2.86. The maximum atomic E-state index is 12.7. The maximum Gasteiger partial charge on any atom is 0.264 e. The van der Waals surface area contributed by atoms with Gasteiger partial charge < -0.3 is 14.4 Å². The number of hydrogen-bond donors (Lipinski definition) is 1. The lowest BCUT2D eigenvalue weighted by molar-refractivity contribution is -0.140. The van der Waals surface area contributed by atoms with E-state index in [0.29, 0.717) is 17.0 Å². The standard InChI is InChI=1S/C19H17NO4/c1-2-11-20-17-8-4-3-7-16(17)19(23,18(20)22)13-14(21)9-10-15-6-5-12-24-15/h2-10,12,23H,1,11,13H2/b10-9+/t19-/m1/s1. The van der Waals surface area contributed by atoms with Gasteiger partial charge in [0.2, 0.25) is 0 Å². The molecule has 0 fully saturated rings. The molecule has 2 aromatic rings. The number of allylic oxidation sites excluding steroid dienone is 1. The lowest BCUT2D eigenvalue weighted by Crippen LogP contribution is -2.41. The first kappa shape index (κ1) is 16.0. The predicted octanol–water partition coefficient (Wildman–Crippen LogP) is 2.67. The summed E-state index contributed by atoms with van der Waals surface area (Å²) in [5.74, 6) is -0.345. The molecule has 2 heterocycles. The van der Waals surface area contributed by atoms with E-state index in [2.05, 4.69) is 6.58 Å². The van der Waals surface area contributed by atoms with Gasteiger partial charge in [-0.2, -0.15) is 0 Å². The molecule has 0 bridgehead atoms. The number of rotatable bonds is 6. The van der Waals surface area contributed by atoms with Gasteiger partial charge in [0.15, 0.2) is 11.4 Å². The predicted molar refractivity (Wildman–Crippen MR) is 90.3 cm³/mol. The Hall–Kier alpha value is -2.92. The molecule has 1 atom stereocenters. The number of para-hydroxylation sites is 1. The highest BCUT2D eigenvalue weighted by Crippen LogP contribution is 2.42. The van der Waals surface area contributed by atoms with Crippen LogP contribution in [0.3, 0.4) is 0 Å². The summed E-state index contributed by atoms with van der Waals surface area (Å²) >= 11 is 0. The van der Waals surface area contributed by atoms with Crippen molar-refractivity contribution in [3.05, 3.63) is 72.7 Å². The molecule has 1 N–H and O–H groups in total. The van der Waals surface area contributed by atoms with Crippen LogP contribution in [0.4, 0.5) is 5.69 Å². The molecule has 1 aliphatic rings. The summed E-state index contributed by atoms with van der Waals surface area (Å²) in [5.41, 5.74) is -0.811. The van der Waals surface area contributed by atoms with Crippen molar-refractivity contribution >= 4 is 23.5 Å². The highest BCUT2D eigenvalue weighted by molar-refractivity contribution is 6.10. The Labute approximate surface area is 139 Å². The molecule has 0 saturated carbocycles. The van der Waals surface area contributed by atoms with Crippen molar-refractivity contribution in [1.82, 2.24) is 0 Å². The molecule has 1 aromatic carbocycles. The second kappa shape index (κ2) is 6.29. The molecule has 0 aliphatic carbocycles. The smallest absolute Gasteiger partial charge is 0.264 e. The van der Waals surface area contributed by atoms with Crippen LogP contribution in [0.2, 0.25) is 0 Å². The number of ketones is 1. The van der Waals surface area contributed by atoms with Gasteiger partial charge >= 0.3 is 0 Å². The summed E-state index contributed by atoms with van der Waals surface area (Å²) in [6.45, 7) is 3.91. The summed E-state index contributed by atoms with van der Waals surface area (Å²) < 4.78 is 5.12. The molecule has 0 saturated heterocycles. The van der Waals surface area contributed by atoms with Crippen LogP contribution in [0, 0.1) is 0 Å². The zero-order chi connectivity index (χ0) is 17.2. The van der Waals surface area contributed by atoms with Gasteiger partial charge in [-0.05, 0) is 30.4 Å². The van der Waals surface area contributed by atoms with Gasteiger partial charge in [-0.15, -0.1) is 6.58 Å². The minimum atomic E-state index is -1.86. The van der Waals surface area contributed by atoms with Gasteiger partial charge in [0.1, 0.15) is 5.76 Å². The van der Waals surface area contributed by atoms with E-state index in [1.165, 1.54) is 23.3 Å². The van der Waals surface area contributed by atoms with Crippen molar-refractivity contribution < 1.29 is 19.1 Å². The Morgan fingerprint density at radius 3 is 2.79 bits per heavy atom. The van der Waals surface area contributed by atoms with Crippen LogP contribution in [0.1, 0.15) is 17.7 Å². The summed E-state index contributed by atoms with van der Waals surface area (Å²) in [6.07, 6.45) is 5.58. The molecule has 122 valence electrons. The summed E-state index contributed by atoms with van der Waals surface area (Å²) in [7, 11) is 0. The molecule has 1 amide bonds. The highest BCUT2D eigenvalue weighted by atomic mass is 16.3. The van der Waals surface area contributed by atoms with E-state index in [1.54, 1.807) is 42.5 Å². The van der Waals surface area contributed by atoms with Crippen molar-refractivity contribution in [2.24, 2.45) is 0 Å². The number of benzene rings is 1. The van der Waals surface area contributed by atoms with Crippen LogP contribution in [-0.2, 0) is 15.2 Å². The van der Waals surface area contributed by atoms with Crippen molar-refractivity contribution in [3.63, 3.8) is 0 Å². The summed E-state index contributed by atoms with van der Waals surface area (Å²) in [6, 6.07) is 10.4. The third-order valence-electron chi connectivity index (χ3n) is 3.96. The topological polar surface area (TPSA) is 70.8 Å². The second-order valence-electron chi connectivity index (χ2n) is 5.57. The molecule has 0 spiro atoms. The minimum absolute atomic E-state index is 0.272. The Morgan fingerprint density at radius 1 is 1.29 bits per heavy atom. The largest absolute Gasteiger partial charge is 0.465 e. The van der Waals surface area contributed by atoms with Crippen LogP contribution in [0.25, 0.3) is 6.08 Å². The van der Waals surface area contributed by atoms with Gasteiger partial charge in [0, 0.05) is 12.1 Å². The Balaban J connectivity index is 1.87. The van der Waals surface area contributed by atoms with E-state index < -0.39 is 11.5 Å². The Bertz CT molecular complexity index is 807. The number of amides is 1. The third kappa shape index (κ3) is 2.70. The van der Waals surface area contributed by atoms with Gasteiger partial charge in [0.25, 0.3) is 5.91 Å². The lowest BCUT2D eigenvalue weighted by Gasteiger charge is -2.21. The molecule has 1 aliphatic heterocycles. The number of carbonyl (C=O) groups excluding carboxylic acids is 2. The average molecular weight is 323 g/mol. The lowest BCUT2D eigenvalue weighted by atomic mass is 9.90. The summed E-state index contributed by atoms with van der Waals surface area (Å²) in [4.78, 5) is 26.4. The Morgan fingerprint density at radius 2 is 2.08 bits per heavy atom. The normalized spacial score (nSPS) is 19.7. The number of fused-ring (bicyclic) bond motifs is 1. The molecule has 5 heteroatoms. The van der Waals surface area contributed by atoms with Crippen LogP contribution >= 0.6 is 0 Å². The van der Waals surface area contributed by atoms with Crippen LogP contribution < -0.4 is 4.90 Å². The number of hydrogen-bond acceptors (Lipinski definition) is 4. The van der Waals surface area contributed by atoms with E-state index in [4.69, 9.17) is 4.42 Å². The first-order chi connectivity index (χ1) is 11.6. The van der Waals surface area contributed by atoms with Crippen LogP contribution in [0.5, 0.6) is 0 Å². The van der Waals surface area contributed by atoms with Crippen molar-refractivity contribution in [2.45, 2.75) is 12.0 Å². The summed E-state index contributed by atoms with van der Waals surface area (Å²) in [5, 5.41) is 10.9. The van der Waals surface area contributed by atoms with Gasteiger partial charge in [0.05, 0.1) is 18.4 Å². The average Bonchev–Trinajstić information content (AvgIpc) is 3.16. The number of nitrogens with zero attached hydrogens (tertiary/aromatic N) is 1. The van der Waals surface area contributed by atoms with E-state index in [0.717, 1.165) is 0 Å². The van der Waals surface area contributed by atoms with E-state index >= 15 is 0 Å². The van der Waals surface area contributed by atoms with Gasteiger partial charge in [-0.3, -0.25) is 9.59 Å². The first-order valence-corrected chi connectivity index (χ1v) is 7.55. The quantitative estimate of drug-likeness (QED) is 0.655. The fourth-order valence-electron chi connectivity index (χ4n) is 2.86. The third-order valence-corrected chi connectivity index (χ3v) is 3.96. The highest BCUT2D eigenvalue weighted by Gasteiger charge is 2.50. The molecule has 0 unspecified atom stereocenters. The zero-order valence-electron chi connectivity index (χ0n) is 13.0. The van der Waals surface area contributed by atoms with E-state index in [1.807, 2.05) is 0 Å².